The van der Waals surface area contributed by atoms with Gasteiger partial charge in [0.1, 0.15) is 5.76 Å². The standard InChI is InChI=1S/C30H35NO12/c1-14(32)15(2)39-27(35)24(40-16(3)33)25(41-17(4)34)28(36)42-20-9-10-30(37)21-13-18-7-8-19(38-6)23-22(18)29(30,26(20)43-23)11-12-31(21)5/h7-9,15,21,24-26,37H,10-13H2,1-6H3/t15-,21+,24+,25+,26-,29-,30+/m0/s1. The van der Waals surface area contributed by atoms with E-state index in [1.807, 2.05) is 13.1 Å². The number of piperidine rings is 1. The maximum absolute atomic E-state index is 13.7. The van der Waals surface area contributed by atoms with Gasteiger partial charge in [0, 0.05) is 31.9 Å². The van der Waals surface area contributed by atoms with Crippen LogP contribution in [0, 0.1) is 0 Å². The molecule has 1 N–H and O–H groups in total. The monoisotopic (exact) mass is 601 g/mol. The summed E-state index contributed by atoms with van der Waals surface area (Å²) in [6.07, 6.45) is -3.60. The lowest BCUT2D eigenvalue weighted by molar-refractivity contribution is -0.193. The lowest BCUT2D eigenvalue weighted by Crippen LogP contribution is -2.74. The van der Waals surface area contributed by atoms with Gasteiger partial charge in [0.25, 0.3) is 0 Å². The minimum Gasteiger partial charge on any atom is -0.493 e. The lowest BCUT2D eigenvalue weighted by atomic mass is 9.50. The Balaban J connectivity index is 1.52. The predicted octanol–water partition coefficient (Wildman–Crippen LogP) is 0.900. The van der Waals surface area contributed by atoms with Gasteiger partial charge in [0.2, 0.25) is 12.2 Å². The number of esters is 4. The van der Waals surface area contributed by atoms with Crippen molar-refractivity contribution in [2.75, 3.05) is 20.7 Å². The van der Waals surface area contributed by atoms with E-state index < -0.39 is 65.1 Å². The molecular formula is C30H35NO12. The van der Waals surface area contributed by atoms with Gasteiger partial charge < -0.3 is 38.4 Å². The number of carbonyl (C=O) groups excluding carboxylic acids is 5. The summed E-state index contributed by atoms with van der Waals surface area (Å²) >= 11 is 0. The fraction of sp³-hybridized carbons (Fsp3) is 0.567. The molecule has 43 heavy (non-hydrogen) atoms. The molecule has 4 aliphatic rings. The molecule has 2 bridgehead atoms. The average Bonchev–Trinajstić information content (AvgIpc) is 3.29. The molecule has 0 saturated carbocycles. The van der Waals surface area contributed by atoms with Gasteiger partial charge in [-0.3, -0.25) is 14.4 Å². The molecule has 1 saturated heterocycles. The Morgan fingerprint density at radius 3 is 2.28 bits per heavy atom. The number of ketones is 1. The van der Waals surface area contributed by atoms with Gasteiger partial charge in [0.05, 0.1) is 18.1 Å². The summed E-state index contributed by atoms with van der Waals surface area (Å²) in [5, 5.41) is 12.4. The number of methoxy groups -OCH3 is 1. The van der Waals surface area contributed by atoms with E-state index in [2.05, 4.69) is 4.90 Å². The van der Waals surface area contributed by atoms with Crippen molar-refractivity contribution >= 4 is 29.7 Å². The molecule has 0 amide bonds. The number of Topliss-reactive ketones (excluding diaryl/α,β-unsaturated/α-hetero) is 1. The van der Waals surface area contributed by atoms with E-state index in [0.29, 0.717) is 30.9 Å². The lowest BCUT2D eigenvalue weighted by Gasteiger charge is -2.61. The number of aliphatic hydroxyl groups is 1. The average molecular weight is 602 g/mol. The number of hydrogen-bond donors (Lipinski definition) is 1. The zero-order valence-corrected chi connectivity index (χ0v) is 24.8. The van der Waals surface area contributed by atoms with Crippen molar-refractivity contribution in [1.29, 1.82) is 0 Å². The highest BCUT2D eigenvalue weighted by Gasteiger charge is 2.72. The molecule has 232 valence electrons. The second-order valence-electron chi connectivity index (χ2n) is 11.5. The molecule has 2 heterocycles. The summed E-state index contributed by atoms with van der Waals surface area (Å²) < 4.78 is 33.1. The smallest absolute Gasteiger partial charge is 0.357 e. The predicted molar refractivity (Wildman–Crippen MR) is 145 cm³/mol. The molecule has 0 unspecified atom stereocenters. The van der Waals surface area contributed by atoms with Crippen LogP contribution in [0.1, 0.15) is 51.7 Å². The summed E-state index contributed by atoms with van der Waals surface area (Å²) in [5.74, 6) is -4.02. The van der Waals surface area contributed by atoms with Crippen LogP contribution in [0.15, 0.2) is 24.0 Å². The van der Waals surface area contributed by atoms with E-state index >= 15 is 0 Å². The zero-order chi connectivity index (χ0) is 31.4. The van der Waals surface area contributed by atoms with Gasteiger partial charge in [-0.2, -0.15) is 0 Å². The summed E-state index contributed by atoms with van der Waals surface area (Å²) in [6, 6.07) is 3.51. The van der Waals surface area contributed by atoms with Crippen LogP contribution in [-0.2, 0) is 54.8 Å². The molecule has 2 aliphatic heterocycles. The van der Waals surface area contributed by atoms with Crippen LogP contribution in [0.2, 0.25) is 0 Å². The Kier molecular flexibility index (Phi) is 7.76. The summed E-state index contributed by atoms with van der Waals surface area (Å²) in [7, 11) is 3.47. The molecule has 13 heteroatoms. The van der Waals surface area contributed by atoms with Crippen molar-refractivity contribution in [2.24, 2.45) is 0 Å². The third-order valence-electron chi connectivity index (χ3n) is 8.97. The maximum Gasteiger partial charge on any atom is 0.357 e. The van der Waals surface area contributed by atoms with Crippen LogP contribution in [0.5, 0.6) is 11.5 Å². The second kappa shape index (κ2) is 10.9. The third-order valence-corrected chi connectivity index (χ3v) is 8.97. The van der Waals surface area contributed by atoms with Crippen molar-refractivity contribution in [2.45, 2.75) is 88.4 Å². The minimum absolute atomic E-state index is 0.0354. The number of likely N-dealkylation sites (N-methyl/N-ethyl adjacent to an activating group) is 1. The summed E-state index contributed by atoms with van der Waals surface area (Å²) in [5.41, 5.74) is -0.467. The molecule has 1 fully saturated rings. The fourth-order valence-corrected chi connectivity index (χ4v) is 6.91. The number of benzene rings is 1. The molecule has 7 atom stereocenters. The molecule has 1 spiro atoms. The summed E-state index contributed by atoms with van der Waals surface area (Å²) in [6.45, 7) is 5.11. The normalized spacial score (nSPS) is 28.6. The van der Waals surface area contributed by atoms with Gasteiger partial charge in [-0.15, -0.1) is 0 Å². The Hall–Kier alpha value is -3.97. The second-order valence-corrected chi connectivity index (χ2v) is 11.5. The first kappa shape index (κ1) is 30.5. The first-order valence-corrected chi connectivity index (χ1v) is 14.0. The molecule has 13 nitrogen and oxygen atoms in total. The quantitative estimate of drug-likeness (QED) is 0.314. The van der Waals surface area contributed by atoms with E-state index in [1.165, 1.54) is 21.0 Å². The van der Waals surface area contributed by atoms with Gasteiger partial charge in [-0.05, 0) is 58.0 Å². The maximum atomic E-state index is 13.7. The van der Waals surface area contributed by atoms with Crippen LogP contribution < -0.4 is 9.47 Å². The van der Waals surface area contributed by atoms with Crippen LogP contribution in [0.25, 0.3) is 0 Å². The molecule has 2 aliphatic carbocycles. The number of likely N-dealkylation sites (tertiary alicyclic amines) is 1. The highest BCUT2D eigenvalue weighted by atomic mass is 16.6. The van der Waals surface area contributed by atoms with Crippen molar-refractivity contribution in [3.8, 4) is 11.5 Å². The molecule has 0 radical (unpaired) electrons. The molecule has 1 aromatic carbocycles. The van der Waals surface area contributed by atoms with Gasteiger partial charge in [-0.25, -0.2) is 9.59 Å². The topological polar surface area (TPSA) is 164 Å². The van der Waals surface area contributed by atoms with Gasteiger partial charge >= 0.3 is 23.9 Å². The number of ether oxygens (including phenoxy) is 6. The SMILES string of the molecule is COc1ccc2c3c1O[C@H]1C(OC(=O)[C@H](OC(C)=O)[C@@H](OC(C)=O)C(=O)O[C@@H](C)C(C)=O)=CC[C@@]4(O)[C@@H](C2)N(C)CC[C@]314. The van der Waals surface area contributed by atoms with E-state index in [4.69, 9.17) is 28.4 Å². The van der Waals surface area contributed by atoms with Crippen molar-refractivity contribution in [3.63, 3.8) is 0 Å². The van der Waals surface area contributed by atoms with E-state index in [-0.39, 0.29) is 18.2 Å². The number of hydrogen-bond acceptors (Lipinski definition) is 13. The minimum atomic E-state index is -2.07. The van der Waals surface area contributed by atoms with Crippen LogP contribution in [-0.4, -0.2) is 96.4 Å². The van der Waals surface area contributed by atoms with Gasteiger partial charge in [-0.1, -0.05) is 6.07 Å². The highest BCUT2D eigenvalue weighted by Crippen LogP contribution is 2.65. The fourth-order valence-electron chi connectivity index (χ4n) is 6.91. The van der Waals surface area contributed by atoms with Crippen LogP contribution in [0.4, 0.5) is 0 Å². The Bertz CT molecular complexity index is 1420. The van der Waals surface area contributed by atoms with Crippen LogP contribution >= 0.6 is 0 Å². The van der Waals surface area contributed by atoms with Crippen LogP contribution in [0.3, 0.4) is 0 Å². The van der Waals surface area contributed by atoms with E-state index in [9.17, 15) is 29.1 Å². The zero-order valence-electron chi connectivity index (χ0n) is 24.8. The number of carbonyl (C=O) groups is 5. The molecular weight excluding hydrogens is 566 g/mol. The number of nitrogens with zero attached hydrogens (tertiary/aromatic N) is 1. The molecule has 1 aromatic rings. The Labute approximate surface area is 248 Å². The highest BCUT2D eigenvalue weighted by molar-refractivity contribution is 5.91. The Morgan fingerprint density at radius 2 is 1.67 bits per heavy atom. The largest absolute Gasteiger partial charge is 0.493 e. The van der Waals surface area contributed by atoms with Crippen molar-refractivity contribution in [1.82, 2.24) is 4.90 Å². The van der Waals surface area contributed by atoms with Crippen molar-refractivity contribution in [3.05, 3.63) is 35.1 Å². The number of rotatable bonds is 9. The summed E-state index contributed by atoms with van der Waals surface area (Å²) in [4.78, 5) is 64.4. The first-order valence-electron chi connectivity index (χ1n) is 14.0. The van der Waals surface area contributed by atoms with Gasteiger partial charge in [0.15, 0.2) is 29.5 Å². The van der Waals surface area contributed by atoms with E-state index in [0.717, 1.165) is 25.0 Å². The first-order chi connectivity index (χ1) is 20.2. The van der Waals surface area contributed by atoms with Crippen molar-refractivity contribution < 1.29 is 57.5 Å². The third kappa shape index (κ3) is 4.74. The Morgan fingerprint density at radius 1 is 1.02 bits per heavy atom. The molecule has 0 aromatic heterocycles. The van der Waals surface area contributed by atoms with E-state index in [1.54, 1.807) is 12.1 Å². The molecule has 5 rings (SSSR count).